The van der Waals surface area contributed by atoms with Crippen molar-refractivity contribution >= 4 is 29.3 Å². The van der Waals surface area contributed by atoms with Crippen molar-refractivity contribution in [3.05, 3.63) is 70.8 Å². The smallest absolute Gasteiger partial charge is 0.248 e. The molecule has 2 N–H and O–H groups in total. The van der Waals surface area contributed by atoms with Gasteiger partial charge in [0.05, 0.1) is 0 Å². The standard InChI is InChI=1S/C17H16ClNO2/c18-15-3-1-2-14(12-15)6-9-17(21)19-16-7-4-13(5-8-16)10-11-20/h1-9,12,20H,10-11H2,(H,19,21). The summed E-state index contributed by atoms with van der Waals surface area (Å²) in [6.07, 6.45) is 3.79. The van der Waals surface area contributed by atoms with Gasteiger partial charge in [0.1, 0.15) is 0 Å². The Bertz CT molecular complexity index is 635. The van der Waals surface area contributed by atoms with Gasteiger partial charge in [-0.2, -0.15) is 0 Å². The van der Waals surface area contributed by atoms with E-state index in [9.17, 15) is 4.79 Å². The maximum atomic E-state index is 11.8. The van der Waals surface area contributed by atoms with Gasteiger partial charge in [0.25, 0.3) is 0 Å². The van der Waals surface area contributed by atoms with Crippen LogP contribution >= 0.6 is 11.6 Å². The van der Waals surface area contributed by atoms with Crippen molar-refractivity contribution in [3.63, 3.8) is 0 Å². The van der Waals surface area contributed by atoms with Gasteiger partial charge in [-0.05, 0) is 47.9 Å². The minimum atomic E-state index is -0.204. The van der Waals surface area contributed by atoms with Gasteiger partial charge in [-0.25, -0.2) is 0 Å². The molecule has 2 aromatic rings. The molecule has 21 heavy (non-hydrogen) atoms. The third-order valence-electron chi connectivity index (χ3n) is 2.90. The van der Waals surface area contributed by atoms with Crippen molar-refractivity contribution in [2.24, 2.45) is 0 Å². The second-order valence-corrected chi connectivity index (χ2v) is 4.98. The largest absolute Gasteiger partial charge is 0.396 e. The molecule has 0 unspecified atom stereocenters. The minimum absolute atomic E-state index is 0.119. The average Bonchev–Trinajstić information content (AvgIpc) is 2.48. The number of anilines is 1. The van der Waals surface area contributed by atoms with Crippen molar-refractivity contribution < 1.29 is 9.90 Å². The number of hydrogen-bond acceptors (Lipinski definition) is 2. The van der Waals surface area contributed by atoms with Crippen LogP contribution in [0, 0.1) is 0 Å². The fourth-order valence-corrected chi connectivity index (χ4v) is 2.05. The zero-order valence-corrected chi connectivity index (χ0v) is 12.2. The van der Waals surface area contributed by atoms with Gasteiger partial charge in [0, 0.05) is 23.4 Å². The molecule has 0 bridgehead atoms. The first-order valence-corrected chi connectivity index (χ1v) is 6.99. The van der Waals surface area contributed by atoms with E-state index in [0.717, 1.165) is 16.8 Å². The van der Waals surface area contributed by atoms with Gasteiger partial charge in [-0.3, -0.25) is 4.79 Å². The highest BCUT2D eigenvalue weighted by Crippen LogP contribution is 2.13. The van der Waals surface area contributed by atoms with E-state index < -0.39 is 0 Å². The first kappa shape index (κ1) is 15.3. The Morgan fingerprint density at radius 2 is 1.95 bits per heavy atom. The summed E-state index contributed by atoms with van der Waals surface area (Å²) in [5.41, 5.74) is 2.62. The van der Waals surface area contributed by atoms with Crippen LogP contribution in [0.15, 0.2) is 54.6 Å². The van der Waals surface area contributed by atoms with Crippen molar-refractivity contribution in [3.8, 4) is 0 Å². The average molecular weight is 302 g/mol. The molecule has 0 aromatic heterocycles. The lowest BCUT2D eigenvalue weighted by Crippen LogP contribution is -2.07. The predicted octanol–water partition coefficient (Wildman–Crippen LogP) is 3.53. The van der Waals surface area contributed by atoms with Crippen LogP contribution < -0.4 is 5.32 Å². The van der Waals surface area contributed by atoms with Crippen molar-refractivity contribution in [2.75, 3.05) is 11.9 Å². The summed E-state index contributed by atoms with van der Waals surface area (Å²) in [6, 6.07) is 14.7. The topological polar surface area (TPSA) is 49.3 Å². The fourth-order valence-electron chi connectivity index (χ4n) is 1.85. The Kier molecular flexibility index (Phi) is 5.55. The number of carbonyl (C=O) groups is 1. The summed E-state index contributed by atoms with van der Waals surface area (Å²) in [7, 11) is 0. The van der Waals surface area contributed by atoms with E-state index in [0.29, 0.717) is 11.4 Å². The van der Waals surface area contributed by atoms with Crippen LogP contribution in [0.5, 0.6) is 0 Å². The first-order valence-electron chi connectivity index (χ1n) is 6.62. The highest BCUT2D eigenvalue weighted by Gasteiger charge is 1.99. The molecule has 0 atom stereocenters. The molecular weight excluding hydrogens is 286 g/mol. The summed E-state index contributed by atoms with van der Waals surface area (Å²) < 4.78 is 0. The van der Waals surface area contributed by atoms with Gasteiger partial charge in [-0.1, -0.05) is 35.9 Å². The second-order valence-electron chi connectivity index (χ2n) is 4.55. The quantitative estimate of drug-likeness (QED) is 0.830. The number of aliphatic hydroxyl groups excluding tert-OH is 1. The number of nitrogens with one attached hydrogen (secondary N) is 1. The van der Waals surface area contributed by atoms with Crippen molar-refractivity contribution in [2.45, 2.75) is 6.42 Å². The van der Waals surface area contributed by atoms with Gasteiger partial charge < -0.3 is 10.4 Å². The summed E-state index contributed by atoms with van der Waals surface area (Å²) in [5, 5.41) is 12.3. The fraction of sp³-hybridized carbons (Fsp3) is 0.118. The highest BCUT2D eigenvalue weighted by atomic mass is 35.5. The predicted molar refractivity (Wildman–Crippen MR) is 86.3 cm³/mol. The van der Waals surface area contributed by atoms with Crippen LogP contribution in [-0.4, -0.2) is 17.6 Å². The first-order chi connectivity index (χ1) is 10.2. The molecule has 0 radical (unpaired) electrons. The molecule has 0 spiro atoms. The molecule has 0 saturated heterocycles. The van der Waals surface area contributed by atoms with Crippen molar-refractivity contribution in [1.82, 2.24) is 0 Å². The molecule has 108 valence electrons. The van der Waals surface area contributed by atoms with Crippen LogP contribution in [0.1, 0.15) is 11.1 Å². The van der Waals surface area contributed by atoms with E-state index in [1.165, 1.54) is 6.08 Å². The molecular formula is C17H16ClNO2. The molecule has 0 aliphatic rings. The van der Waals surface area contributed by atoms with E-state index in [1.54, 1.807) is 18.2 Å². The van der Waals surface area contributed by atoms with Gasteiger partial charge in [-0.15, -0.1) is 0 Å². The molecule has 0 heterocycles. The number of hydrogen-bond donors (Lipinski definition) is 2. The Balaban J connectivity index is 1.95. The van der Waals surface area contributed by atoms with Gasteiger partial charge in [0.2, 0.25) is 5.91 Å². The normalized spacial score (nSPS) is 10.8. The lowest BCUT2D eigenvalue weighted by Gasteiger charge is -2.03. The zero-order chi connectivity index (χ0) is 15.1. The van der Waals surface area contributed by atoms with Crippen LogP contribution in [0.4, 0.5) is 5.69 Å². The van der Waals surface area contributed by atoms with Crippen LogP contribution in [-0.2, 0) is 11.2 Å². The third kappa shape index (κ3) is 5.06. The molecule has 2 aromatic carbocycles. The molecule has 0 fully saturated rings. The summed E-state index contributed by atoms with van der Waals surface area (Å²) >= 11 is 5.88. The zero-order valence-electron chi connectivity index (χ0n) is 11.4. The van der Waals surface area contributed by atoms with E-state index in [4.69, 9.17) is 16.7 Å². The molecule has 0 saturated carbocycles. The lowest BCUT2D eigenvalue weighted by molar-refractivity contribution is -0.111. The minimum Gasteiger partial charge on any atom is -0.396 e. The molecule has 3 nitrogen and oxygen atoms in total. The maximum absolute atomic E-state index is 11.8. The summed E-state index contributed by atoms with van der Waals surface area (Å²) in [6.45, 7) is 0.119. The monoisotopic (exact) mass is 301 g/mol. The molecule has 0 aliphatic carbocycles. The lowest BCUT2D eigenvalue weighted by atomic mass is 10.1. The maximum Gasteiger partial charge on any atom is 0.248 e. The van der Waals surface area contributed by atoms with E-state index in [1.807, 2.05) is 36.4 Å². The number of rotatable bonds is 5. The number of halogens is 1. The Morgan fingerprint density at radius 1 is 1.19 bits per heavy atom. The van der Waals surface area contributed by atoms with E-state index >= 15 is 0 Å². The summed E-state index contributed by atoms with van der Waals surface area (Å²) in [4.78, 5) is 11.8. The number of amides is 1. The molecule has 4 heteroatoms. The van der Waals surface area contributed by atoms with Gasteiger partial charge in [0.15, 0.2) is 0 Å². The van der Waals surface area contributed by atoms with Crippen LogP contribution in [0.25, 0.3) is 6.08 Å². The van der Waals surface area contributed by atoms with E-state index in [2.05, 4.69) is 5.32 Å². The molecule has 0 aliphatic heterocycles. The number of aliphatic hydroxyl groups is 1. The summed E-state index contributed by atoms with van der Waals surface area (Å²) in [5.74, 6) is -0.204. The highest BCUT2D eigenvalue weighted by molar-refractivity contribution is 6.30. The van der Waals surface area contributed by atoms with Crippen molar-refractivity contribution in [1.29, 1.82) is 0 Å². The molecule has 2 rings (SSSR count). The van der Waals surface area contributed by atoms with Crippen LogP contribution in [0.2, 0.25) is 5.02 Å². The second kappa shape index (κ2) is 7.62. The Hall–Kier alpha value is -2.10. The Labute approximate surface area is 128 Å². The van der Waals surface area contributed by atoms with Gasteiger partial charge >= 0.3 is 0 Å². The number of carbonyl (C=O) groups excluding carboxylic acids is 1. The SMILES string of the molecule is O=C(C=Cc1cccc(Cl)c1)Nc1ccc(CCO)cc1. The van der Waals surface area contributed by atoms with Crippen LogP contribution in [0.3, 0.4) is 0 Å². The number of benzene rings is 2. The Morgan fingerprint density at radius 3 is 2.62 bits per heavy atom. The van der Waals surface area contributed by atoms with E-state index in [-0.39, 0.29) is 12.5 Å². The third-order valence-corrected chi connectivity index (χ3v) is 3.13. The molecule has 1 amide bonds.